The summed E-state index contributed by atoms with van der Waals surface area (Å²) in [6, 6.07) is 19.4. The number of carbonyl (C=O) groups excluding carboxylic acids is 2. The molecule has 3 rings (SSSR count). The lowest BCUT2D eigenvalue weighted by molar-refractivity contribution is -0.125. The third-order valence-corrected chi connectivity index (χ3v) is 4.82. The zero-order chi connectivity index (χ0) is 16.1. The van der Waals surface area contributed by atoms with E-state index in [1.54, 1.807) is 0 Å². The zero-order valence-electron chi connectivity index (χ0n) is 13.3. The number of Topliss-reactive ketones (excluding diaryl/α,β-unsaturated/α-hetero) is 2. The highest BCUT2D eigenvalue weighted by atomic mass is 16.1. The standard InChI is InChI=1S/C21H22O2/c22-20-14-8-7-13-18(20)19(16-9-3-1-4-10-16)15-21(23)17-11-5-2-6-12-17/h1-6,9-12,18-19H,7-8,13-15H2/t18-,19+/m0/s1. The predicted octanol–water partition coefficient (Wildman–Crippen LogP) is 4.80. The molecule has 0 unspecified atom stereocenters. The summed E-state index contributed by atoms with van der Waals surface area (Å²) in [6.45, 7) is 0. The lowest BCUT2D eigenvalue weighted by Crippen LogP contribution is -2.27. The Kier molecular flexibility index (Phi) is 5.02. The molecule has 23 heavy (non-hydrogen) atoms. The monoisotopic (exact) mass is 306 g/mol. The van der Waals surface area contributed by atoms with Crippen LogP contribution >= 0.6 is 0 Å². The van der Waals surface area contributed by atoms with Crippen molar-refractivity contribution in [2.75, 3.05) is 0 Å². The number of hydrogen-bond donors (Lipinski definition) is 0. The lowest BCUT2D eigenvalue weighted by atomic mass is 9.73. The van der Waals surface area contributed by atoms with E-state index in [0.717, 1.165) is 30.4 Å². The Hall–Kier alpha value is -2.22. The molecule has 1 aliphatic carbocycles. The minimum atomic E-state index is -0.0150. The van der Waals surface area contributed by atoms with Crippen LogP contribution in [-0.4, -0.2) is 11.6 Å². The van der Waals surface area contributed by atoms with Crippen molar-refractivity contribution >= 4 is 11.6 Å². The molecule has 1 fully saturated rings. The molecule has 2 aromatic rings. The fraction of sp³-hybridized carbons (Fsp3) is 0.333. The molecule has 0 heterocycles. The van der Waals surface area contributed by atoms with E-state index in [0.29, 0.717) is 18.6 Å². The number of carbonyl (C=O) groups is 2. The maximum absolute atomic E-state index is 12.7. The Bertz CT molecular complexity index is 661. The van der Waals surface area contributed by atoms with Crippen LogP contribution in [0, 0.1) is 5.92 Å². The van der Waals surface area contributed by atoms with Crippen molar-refractivity contribution in [3.05, 3.63) is 71.8 Å². The molecular formula is C21H22O2. The van der Waals surface area contributed by atoms with E-state index in [1.807, 2.05) is 60.7 Å². The van der Waals surface area contributed by atoms with Crippen molar-refractivity contribution in [3.63, 3.8) is 0 Å². The van der Waals surface area contributed by atoms with Gasteiger partial charge in [-0.05, 0) is 18.4 Å². The zero-order valence-corrected chi connectivity index (χ0v) is 13.3. The second kappa shape index (κ2) is 7.36. The third kappa shape index (κ3) is 3.76. The highest BCUT2D eigenvalue weighted by Gasteiger charge is 2.32. The highest BCUT2D eigenvalue weighted by Crippen LogP contribution is 2.37. The SMILES string of the molecule is O=C(C[C@H](c1ccccc1)[C@@H]1CCCCC1=O)c1ccccc1. The van der Waals surface area contributed by atoms with Gasteiger partial charge < -0.3 is 0 Å². The van der Waals surface area contributed by atoms with Crippen LogP contribution in [0.25, 0.3) is 0 Å². The van der Waals surface area contributed by atoms with Crippen molar-refractivity contribution in [1.82, 2.24) is 0 Å². The van der Waals surface area contributed by atoms with E-state index >= 15 is 0 Å². The second-order valence-electron chi connectivity index (χ2n) is 6.33. The maximum Gasteiger partial charge on any atom is 0.163 e. The Labute approximate surface area is 137 Å². The van der Waals surface area contributed by atoms with Gasteiger partial charge in [0.2, 0.25) is 0 Å². The molecule has 0 amide bonds. The van der Waals surface area contributed by atoms with E-state index in [-0.39, 0.29) is 17.6 Å². The minimum Gasteiger partial charge on any atom is -0.299 e. The Morgan fingerprint density at radius 3 is 2.26 bits per heavy atom. The van der Waals surface area contributed by atoms with Crippen LogP contribution in [-0.2, 0) is 4.79 Å². The largest absolute Gasteiger partial charge is 0.299 e. The topological polar surface area (TPSA) is 34.1 Å². The van der Waals surface area contributed by atoms with Crippen LogP contribution in [0.4, 0.5) is 0 Å². The van der Waals surface area contributed by atoms with E-state index in [9.17, 15) is 9.59 Å². The molecular weight excluding hydrogens is 284 g/mol. The molecule has 1 aliphatic rings. The van der Waals surface area contributed by atoms with Crippen LogP contribution in [0.5, 0.6) is 0 Å². The van der Waals surface area contributed by atoms with Gasteiger partial charge >= 0.3 is 0 Å². The number of benzene rings is 2. The smallest absolute Gasteiger partial charge is 0.163 e. The molecule has 118 valence electrons. The number of rotatable bonds is 5. The van der Waals surface area contributed by atoms with E-state index in [1.165, 1.54) is 0 Å². The first-order chi connectivity index (χ1) is 11.3. The van der Waals surface area contributed by atoms with Crippen molar-refractivity contribution < 1.29 is 9.59 Å². The molecule has 0 radical (unpaired) electrons. The first-order valence-corrected chi connectivity index (χ1v) is 8.41. The summed E-state index contributed by atoms with van der Waals surface area (Å²) in [4.78, 5) is 25.1. The average Bonchev–Trinajstić information content (AvgIpc) is 2.62. The lowest BCUT2D eigenvalue weighted by Gasteiger charge is -2.29. The third-order valence-electron chi connectivity index (χ3n) is 4.82. The predicted molar refractivity (Wildman–Crippen MR) is 91.5 cm³/mol. The van der Waals surface area contributed by atoms with Crippen molar-refractivity contribution in [1.29, 1.82) is 0 Å². The molecule has 2 heteroatoms. The van der Waals surface area contributed by atoms with Gasteiger partial charge in [0.1, 0.15) is 5.78 Å². The second-order valence-corrected chi connectivity index (χ2v) is 6.33. The molecule has 0 aliphatic heterocycles. The molecule has 1 saturated carbocycles. The van der Waals surface area contributed by atoms with Crippen LogP contribution in [0.1, 0.15) is 53.9 Å². The van der Waals surface area contributed by atoms with E-state index in [2.05, 4.69) is 0 Å². The van der Waals surface area contributed by atoms with Gasteiger partial charge in [-0.1, -0.05) is 67.1 Å². The van der Waals surface area contributed by atoms with Crippen LogP contribution in [0.3, 0.4) is 0 Å². The summed E-state index contributed by atoms with van der Waals surface area (Å²) in [5, 5.41) is 0. The fourth-order valence-electron chi connectivity index (χ4n) is 3.57. The molecule has 2 aromatic carbocycles. The molecule has 2 nitrogen and oxygen atoms in total. The molecule has 0 spiro atoms. The van der Waals surface area contributed by atoms with Crippen molar-refractivity contribution in [2.24, 2.45) is 5.92 Å². The van der Waals surface area contributed by atoms with Gasteiger partial charge in [0.05, 0.1) is 0 Å². The van der Waals surface area contributed by atoms with Gasteiger partial charge in [0, 0.05) is 30.2 Å². The Morgan fingerprint density at radius 2 is 1.61 bits per heavy atom. The van der Waals surface area contributed by atoms with Gasteiger partial charge in [-0.15, -0.1) is 0 Å². The van der Waals surface area contributed by atoms with Gasteiger partial charge in [0.25, 0.3) is 0 Å². The van der Waals surface area contributed by atoms with Gasteiger partial charge in [0.15, 0.2) is 5.78 Å². The number of hydrogen-bond acceptors (Lipinski definition) is 2. The number of ketones is 2. The summed E-state index contributed by atoms with van der Waals surface area (Å²) in [6.07, 6.45) is 4.04. The Morgan fingerprint density at radius 1 is 0.957 bits per heavy atom. The van der Waals surface area contributed by atoms with Gasteiger partial charge in [-0.25, -0.2) is 0 Å². The van der Waals surface area contributed by atoms with Gasteiger partial charge in [-0.2, -0.15) is 0 Å². The summed E-state index contributed by atoms with van der Waals surface area (Å²) in [5.41, 5.74) is 1.84. The van der Waals surface area contributed by atoms with Crippen molar-refractivity contribution in [2.45, 2.75) is 38.0 Å². The summed E-state index contributed by atoms with van der Waals surface area (Å²) >= 11 is 0. The average molecular weight is 306 g/mol. The molecule has 0 saturated heterocycles. The molecule has 0 aromatic heterocycles. The first-order valence-electron chi connectivity index (χ1n) is 8.41. The van der Waals surface area contributed by atoms with Gasteiger partial charge in [-0.3, -0.25) is 9.59 Å². The highest BCUT2D eigenvalue weighted by molar-refractivity contribution is 5.97. The Balaban J connectivity index is 1.86. The molecule has 2 atom stereocenters. The van der Waals surface area contributed by atoms with Crippen LogP contribution < -0.4 is 0 Å². The normalized spacial score (nSPS) is 19.3. The fourth-order valence-corrected chi connectivity index (χ4v) is 3.57. The van der Waals surface area contributed by atoms with Crippen LogP contribution in [0.15, 0.2) is 60.7 Å². The van der Waals surface area contributed by atoms with Crippen LogP contribution in [0.2, 0.25) is 0 Å². The van der Waals surface area contributed by atoms with E-state index in [4.69, 9.17) is 0 Å². The maximum atomic E-state index is 12.7. The summed E-state index contributed by atoms with van der Waals surface area (Å²) in [5.74, 6) is 0.430. The molecule has 0 bridgehead atoms. The van der Waals surface area contributed by atoms with Crippen molar-refractivity contribution in [3.8, 4) is 0 Å². The van der Waals surface area contributed by atoms with E-state index < -0.39 is 0 Å². The minimum absolute atomic E-state index is 0.00305. The summed E-state index contributed by atoms with van der Waals surface area (Å²) in [7, 11) is 0. The first kappa shape index (κ1) is 15.7. The summed E-state index contributed by atoms with van der Waals surface area (Å²) < 4.78 is 0. The quantitative estimate of drug-likeness (QED) is 0.743. The molecule has 0 N–H and O–H groups in total.